The van der Waals surface area contributed by atoms with Crippen molar-refractivity contribution in [2.45, 2.75) is 26.2 Å². The van der Waals surface area contributed by atoms with Gasteiger partial charge in [-0.05, 0) is 24.1 Å². The third-order valence-corrected chi connectivity index (χ3v) is 6.89. The van der Waals surface area contributed by atoms with Gasteiger partial charge in [-0.1, -0.05) is 67.1 Å². The van der Waals surface area contributed by atoms with E-state index in [1.165, 1.54) is 0 Å². The predicted octanol–water partition coefficient (Wildman–Crippen LogP) is 5.46. The smallest absolute Gasteiger partial charge is 0.223 e. The summed E-state index contributed by atoms with van der Waals surface area (Å²) in [7, 11) is -2.89. The Morgan fingerprint density at radius 3 is 2.35 bits per heavy atom. The van der Waals surface area contributed by atoms with E-state index in [1.807, 2.05) is 68.4 Å². The maximum atomic E-state index is 13.3. The van der Waals surface area contributed by atoms with E-state index in [2.05, 4.69) is 5.32 Å². The molecule has 0 radical (unpaired) electrons. The van der Waals surface area contributed by atoms with Gasteiger partial charge in [0.1, 0.15) is 5.78 Å². The fourth-order valence-electron chi connectivity index (χ4n) is 2.54. The van der Waals surface area contributed by atoms with Crippen LogP contribution in [0.3, 0.4) is 0 Å². The molecule has 1 N–H and O–H groups in total. The van der Waals surface area contributed by atoms with Crippen LogP contribution in [0.2, 0.25) is 5.02 Å². The van der Waals surface area contributed by atoms with Crippen LogP contribution in [0.1, 0.15) is 30.8 Å². The summed E-state index contributed by atoms with van der Waals surface area (Å²) in [5.74, 6) is -0.415. The second kappa shape index (κ2) is 8.65. The average Bonchev–Trinajstić information content (AvgIpc) is 2.57. The number of nitrogens with one attached hydrogen (secondary N) is 1. The zero-order valence-electron chi connectivity index (χ0n) is 13.5. The molecule has 0 heterocycles. The van der Waals surface area contributed by atoms with Gasteiger partial charge in [0.05, 0.1) is 6.61 Å². The van der Waals surface area contributed by atoms with Crippen LogP contribution in [-0.4, -0.2) is 12.8 Å². The van der Waals surface area contributed by atoms with Crippen LogP contribution in [-0.2, 0) is 15.6 Å². The van der Waals surface area contributed by atoms with Gasteiger partial charge in [0.25, 0.3) is 0 Å². The molecule has 124 valence electrons. The summed E-state index contributed by atoms with van der Waals surface area (Å²) in [6, 6.07) is 17.5. The summed E-state index contributed by atoms with van der Waals surface area (Å²) in [5.41, 5.74) is 1.95. The summed E-state index contributed by atoms with van der Waals surface area (Å²) in [4.78, 5) is 0. The van der Waals surface area contributed by atoms with E-state index in [9.17, 15) is 4.57 Å². The number of rotatable bonds is 8. The Kier molecular flexibility index (Phi) is 6.86. The van der Waals surface area contributed by atoms with Gasteiger partial charge >= 0.3 is 0 Å². The summed E-state index contributed by atoms with van der Waals surface area (Å²) in [6.45, 7) is 4.78. The van der Waals surface area contributed by atoms with Gasteiger partial charge < -0.3 is 4.52 Å². The third-order valence-electron chi connectivity index (χ3n) is 3.72. The third kappa shape index (κ3) is 4.68. The molecule has 0 aliphatic rings. The van der Waals surface area contributed by atoms with Crippen LogP contribution < -0.4 is 5.32 Å². The van der Waals surface area contributed by atoms with E-state index in [-0.39, 0.29) is 0 Å². The van der Waals surface area contributed by atoms with Gasteiger partial charge in [0.15, 0.2) is 0 Å². The average molecular weight is 352 g/mol. The Hall–Kier alpha value is -1.12. The second-order valence-electron chi connectivity index (χ2n) is 5.25. The number of benzene rings is 2. The van der Waals surface area contributed by atoms with Gasteiger partial charge in [0, 0.05) is 17.7 Å². The Morgan fingerprint density at radius 2 is 1.74 bits per heavy atom. The molecule has 5 heteroatoms. The Bertz CT molecular complexity index is 663. The van der Waals surface area contributed by atoms with Gasteiger partial charge in [-0.25, -0.2) is 0 Å². The summed E-state index contributed by atoms with van der Waals surface area (Å²) < 4.78 is 19.0. The molecule has 0 aliphatic carbocycles. The lowest BCUT2D eigenvalue weighted by Crippen LogP contribution is -2.23. The minimum absolute atomic E-state index is 0.415. The van der Waals surface area contributed by atoms with Crippen molar-refractivity contribution in [2.24, 2.45) is 0 Å². The highest BCUT2D eigenvalue weighted by Crippen LogP contribution is 2.59. The molecule has 3 nitrogen and oxygen atoms in total. The summed E-state index contributed by atoms with van der Waals surface area (Å²) >= 11 is 6.35. The first-order valence-electron chi connectivity index (χ1n) is 7.85. The predicted molar refractivity (Wildman–Crippen MR) is 97.2 cm³/mol. The molecule has 0 aliphatic heterocycles. The molecule has 0 spiro atoms. The lowest BCUT2D eigenvalue weighted by molar-refractivity contribution is 0.320. The first-order valence-corrected chi connectivity index (χ1v) is 10.1. The monoisotopic (exact) mass is 351 g/mol. The molecular weight excluding hydrogens is 329 g/mol. The van der Waals surface area contributed by atoms with Crippen molar-refractivity contribution >= 4 is 19.0 Å². The molecule has 0 aromatic heterocycles. The zero-order chi connectivity index (χ0) is 16.7. The maximum Gasteiger partial charge on any atom is 0.223 e. The molecule has 0 saturated carbocycles. The van der Waals surface area contributed by atoms with E-state index < -0.39 is 13.2 Å². The van der Waals surface area contributed by atoms with Crippen molar-refractivity contribution in [3.8, 4) is 0 Å². The van der Waals surface area contributed by atoms with Crippen LogP contribution in [0.15, 0.2) is 54.6 Å². The molecule has 2 atom stereocenters. The summed E-state index contributed by atoms with van der Waals surface area (Å²) in [6.07, 6.45) is 0.457. The molecule has 2 aromatic rings. The first kappa shape index (κ1) is 18.2. The fraction of sp³-hybridized carbons (Fsp3) is 0.333. The van der Waals surface area contributed by atoms with Crippen molar-refractivity contribution in [2.75, 3.05) is 12.8 Å². The standard InChI is InChI=1S/C18H23ClNO2P/c1-3-22-23(21,4-2)18(16-12-8-9-13-17(16)19)20-14-15-10-6-5-7-11-15/h5-13,18,20H,3-4,14H2,1-2H3. The first-order chi connectivity index (χ1) is 11.1. The lowest BCUT2D eigenvalue weighted by Gasteiger charge is -2.28. The van der Waals surface area contributed by atoms with Crippen molar-refractivity contribution in [1.82, 2.24) is 5.32 Å². The number of hydrogen-bond acceptors (Lipinski definition) is 3. The van der Waals surface area contributed by atoms with Gasteiger partial charge in [-0.2, -0.15) is 0 Å². The van der Waals surface area contributed by atoms with Crippen LogP contribution in [0.25, 0.3) is 0 Å². The van der Waals surface area contributed by atoms with Crippen molar-refractivity contribution in [3.05, 3.63) is 70.7 Å². The van der Waals surface area contributed by atoms with E-state index >= 15 is 0 Å². The highest BCUT2D eigenvalue weighted by Gasteiger charge is 2.34. The van der Waals surface area contributed by atoms with Crippen LogP contribution in [0.4, 0.5) is 0 Å². The van der Waals surface area contributed by atoms with E-state index in [4.69, 9.17) is 16.1 Å². The van der Waals surface area contributed by atoms with Crippen molar-refractivity contribution < 1.29 is 9.09 Å². The minimum Gasteiger partial charge on any atom is -0.327 e. The Labute approximate surface area is 143 Å². The Balaban J connectivity index is 2.31. The highest BCUT2D eigenvalue weighted by atomic mass is 35.5. The zero-order valence-corrected chi connectivity index (χ0v) is 15.2. The van der Waals surface area contributed by atoms with Crippen LogP contribution in [0, 0.1) is 0 Å². The fourth-order valence-corrected chi connectivity index (χ4v) is 5.01. The van der Waals surface area contributed by atoms with E-state index in [0.29, 0.717) is 24.3 Å². The second-order valence-corrected chi connectivity index (χ2v) is 8.52. The SMILES string of the molecule is CCOP(=O)(CC)C(NCc1ccccc1)c1ccccc1Cl. The number of hydrogen-bond donors (Lipinski definition) is 1. The molecule has 2 unspecified atom stereocenters. The van der Waals surface area contributed by atoms with Gasteiger partial charge in [-0.3, -0.25) is 9.88 Å². The molecular formula is C18H23ClNO2P. The largest absolute Gasteiger partial charge is 0.327 e. The van der Waals surface area contributed by atoms with E-state index in [1.54, 1.807) is 0 Å². The van der Waals surface area contributed by atoms with Gasteiger partial charge in [-0.15, -0.1) is 0 Å². The molecule has 0 bridgehead atoms. The number of halogens is 1. The Morgan fingerprint density at radius 1 is 1.09 bits per heavy atom. The minimum atomic E-state index is -2.89. The van der Waals surface area contributed by atoms with Crippen LogP contribution in [0.5, 0.6) is 0 Å². The summed E-state index contributed by atoms with van der Waals surface area (Å²) in [5, 5.41) is 4.00. The quantitative estimate of drug-likeness (QED) is 0.641. The molecule has 23 heavy (non-hydrogen) atoms. The normalized spacial score (nSPS) is 15.1. The van der Waals surface area contributed by atoms with Crippen molar-refractivity contribution in [1.29, 1.82) is 0 Å². The van der Waals surface area contributed by atoms with Crippen molar-refractivity contribution in [3.63, 3.8) is 0 Å². The van der Waals surface area contributed by atoms with Gasteiger partial charge in [0.2, 0.25) is 7.37 Å². The molecule has 2 rings (SSSR count). The lowest BCUT2D eigenvalue weighted by atomic mass is 10.2. The molecule has 0 saturated heterocycles. The molecule has 0 amide bonds. The maximum absolute atomic E-state index is 13.3. The van der Waals surface area contributed by atoms with Crippen LogP contribution >= 0.6 is 19.0 Å². The topological polar surface area (TPSA) is 38.3 Å². The highest BCUT2D eigenvalue weighted by molar-refractivity contribution is 7.59. The molecule has 2 aromatic carbocycles. The molecule has 0 fully saturated rings. The van der Waals surface area contributed by atoms with E-state index in [0.717, 1.165) is 11.1 Å².